The summed E-state index contributed by atoms with van der Waals surface area (Å²) >= 11 is 0. The van der Waals surface area contributed by atoms with Crippen LogP contribution in [-0.4, -0.2) is 42.5 Å². The molecule has 1 saturated heterocycles. The van der Waals surface area contributed by atoms with Gasteiger partial charge in [0.15, 0.2) is 0 Å². The van der Waals surface area contributed by atoms with Gasteiger partial charge in [-0.25, -0.2) is 0 Å². The van der Waals surface area contributed by atoms with E-state index in [1.165, 1.54) is 6.42 Å². The topological polar surface area (TPSA) is 58.4 Å². The van der Waals surface area contributed by atoms with Crippen molar-refractivity contribution >= 4 is 5.91 Å². The number of nitrogens with two attached hydrogens (primary N) is 1. The van der Waals surface area contributed by atoms with Crippen LogP contribution >= 0.6 is 0 Å². The van der Waals surface area contributed by atoms with Crippen molar-refractivity contribution in [3.05, 3.63) is 0 Å². The SMILES string of the molecule is CC(C)NC(CCN1CCC(C)(C)C1)C(N)=O. The van der Waals surface area contributed by atoms with Crippen LogP contribution in [0.2, 0.25) is 0 Å². The van der Waals surface area contributed by atoms with Gasteiger partial charge in [0.1, 0.15) is 0 Å². The normalized spacial score (nSPS) is 21.9. The molecule has 0 aromatic rings. The van der Waals surface area contributed by atoms with Gasteiger partial charge in [0.05, 0.1) is 6.04 Å². The molecule has 1 unspecified atom stereocenters. The van der Waals surface area contributed by atoms with Crippen molar-refractivity contribution in [3.63, 3.8) is 0 Å². The molecule has 4 nitrogen and oxygen atoms in total. The lowest BCUT2D eigenvalue weighted by Crippen LogP contribution is -2.46. The van der Waals surface area contributed by atoms with Gasteiger partial charge in [0.2, 0.25) is 5.91 Å². The van der Waals surface area contributed by atoms with E-state index >= 15 is 0 Å². The highest BCUT2D eigenvalue weighted by atomic mass is 16.1. The third-order valence-electron chi connectivity index (χ3n) is 3.37. The fraction of sp³-hybridized carbons (Fsp3) is 0.923. The maximum Gasteiger partial charge on any atom is 0.234 e. The van der Waals surface area contributed by atoms with Crippen molar-refractivity contribution in [1.29, 1.82) is 0 Å². The fourth-order valence-corrected chi connectivity index (χ4v) is 2.44. The molecule has 1 aliphatic rings. The summed E-state index contributed by atoms with van der Waals surface area (Å²) in [6, 6.07) is 0.0984. The number of hydrogen-bond donors (Lipinski definition) is 2. The van der Waals surface area contributed by atoms with E-state index in [4.69, 9.17) is 5.73 Å². The van der Waals surface area contributed by atoms with Gasteiger partial charge in [0.25, 0.3) is 0 Å². The van der Waals surface area contributed by atoms with Gasteiger partial charge in [-0.1, -0.05) is 27.7 Å². The molecular formula is C13H27N3O. The minimum Gasteiger partial charge on any atom is -0.368 e. The molecule has 1 heterocycles. The number of nitrogens with zero attached hydrogens (tertiary/aromatic N) is 1. The summed E-state index contributed by atoms with van der Waals surface area (Å²) in [5.41, 5.74) is 5.83. The Hall–Kier alpha value is -0.610. The predicted octanol–water partition coefficient (Wildman–Crippen LogP) is 0.960. The molecule has 1 aliphatic heterocycles. The van der Waals surface area contributed by atoms with Crippen LogP contribution in [0.15, 0.2) is 0 Å². The molecule has 0 spiro atoms. The van der Waals surface area contributed by atoms with E-state index in [0.717, 1.165) is 26.1 Å². The van der Waals surface area contributed by atoms with E-state index in [1.807, 2.05) is 13.8 Å². The van der Waals surface area contributed by atoms with Gasteiger partial charge < -0.3 is 16.0 Å². The molecule has 3 N–H and O–H groups in total. The van der Waals surface area contributed by atoms with Crippen LogP contribution in [0, 0.1) is 5.41 Å². The highest BCUT2D eigenvalue weighted by molar-refractivity contribution is 5.79. The molecule has 17 heavy (non-hydrogen) atoms. The average Bonchev–Trinajstić information content (AvgIpc) is 2.52. The first-order valence-electron chi connectivity index (χ1n) is 6.58. The highest BCUT2D eigenvalue weighted by Crippen LogP contribution is 2.28. The van der Waals surface area contributed by atoms with E-state index in [-0.39, 0.29) is 11.9 Å². The van der Waals surface area contributed by atoms with Crippen molar-refractivity contribution in [2.24, 2.45) is 11.1 Å². The molecule has 1 rings (SSSR count). The van der Waals surface area contributed by atoms with E-state index < -0.39 is 0 Å². The molecule has 0 bridgehead atoms. The van der Waals surface area contributed by atoms with Crippen LogP contribution in [0.5, 0.6) is 0 Å². The Balaban J connectivity index is 2.35. The van der Waals surface area contributed by atoms with Crippen LogP contribution < -0.4 is 11.1 Å². The predicted molar refractivity (Wildman–Crippen MR) is 70.7 cm³/mol. The summed E-state index contributed by atoms with van der Waals surface area (Å²) in [5, 5.41) is 3.22. The molecule has 1 atom stereocenters. The van der Waals surface area contributed by atoms with Crippen LogP contribution in [0.25, 0.3) is 0 Å². The van der Waals surface area contributed by atoms with Crippen molar-refractivity contribution in [2.75, 3.05) is 19.6 Å². The van der Waals surface area contributed by atoms with E-state index in [9.17, 15) is 4.79 Å². The molecule has 4 heteroatoms. The van der Waals surface area contributed by atoms with Gasteiger partial charge in [0, 0.05) is 19.1 Å². The molecule has 1 amide bonds. The van der Waals surface area contributed by atoms with Gasteiger partial charge in [-0.15, -0.1) is 0 Å². The van der Waals surface area contributed by atoms with Crippen LogP contribution in [-0.2, 0) is 4.79 Å². The van der Waals surface area contributed by atoms with Crippen molar-refractivity contribution < 1.29 is 4.79 Å². The second-order valence-electron chi connectivity index (χ2n) is 6.26. The summed E-state index contributed by atoms with van der Waals surface area (Å²) in [5.74, 6) is -0.239. The number of rotatable bonds is 6. The highest BCUT2D eigenvalue weighted by Gasteiger charge is 2.29. The third kappa shape index (κ3) is 5.04. The second-order valence-corrected chi connectivity index (χ2v) is 6.26. The number of nitrogens with one attached hydrogen (secondary N) is 1. The van der Waals surface area contributed by atoms with Gasteiger partial charge in [-0.05, 0) is 24.8 Å². The van der Waals surface area contributed by atoms with Crippen LogP contribution in [0.4, 0.5) is 0 Å². The third-order valence-corrected chi connectivity index (χ3v) is 3.37. The standard InChI is InChI=1S/C13H27N3O/c1-10(2)15-11(12(14)17)5-7-16-8-6-13(3,4)9-16/h10-11,15H,5-9H2,1-4H3,(H2,14,17). The summed E-state index contributed by atoms with van der Waals surface area (Å²) in [4.78, 5) is 13.7. The zero-order chi connectivity index (χ0) is 13.1. The largest absolute Gasteiger partial charge is 0.368 e. The van der Waals surface area contributed by atoms with Crippen molar-refractivity contribution in [2.45, 2.75) is 52.6 Å². The number of hydrogen-bond acceptors (Lipinski definition) is 3. The van der Waals surface area contributed by atoms with Crippen molar-refractivity contribution in [3.8, 4) is 0 Å². The molecule has 0 aromatic carbocycles. The van der Waals surface area contributed by atoms with Crippen molar-refractivity contribution in [1.82, 2.24) is 10.2 Å². The molecule has 0 saturated carbocycles. The molecule has 0 radical (unpaired) electrons. The Labute approximate surface area is 105 Å². The second kappa shape index (κ2) is 5.83. The maximum atomic E-state index is 11.3. The summed E-state index contributed by atoms with van der Waals surface area (Å²) in [7, 11) is 0. The lowest BCUT2D eigenvalue weighted by Gasteiger charge is -2.23. The zero-order valence-corrected chi connectivity index (χ0v) is 11.6. The first-order valence-corrected chi connectivity index (χ1v) is 6.58. The van der Waals surface area contributed by atoms with Gasteiger partial charge in [-0.2, -0.15) is 0 Å². The van der Waals surface area contributed by atoms with E-state index in [0.29, 0.717) is 11.5 Å². The first-order chi connectivity index (χ1) is 7.80. The van der Waals surface area contributed by atoms with E-state index in [1.54, 1.807) is 0 Å². The monoisotopic (exact) mass is 241 g/mol. The lowest BCUT2D eigenvalue weighted by molar-refractivity contribution is -0.120. The quantitative estimate of drug-likeness (QED) is 0.728. The van der Waals surface area contributed by atoms with Crippen LogP contribution in [0.3, 0.4) is 0 Å². The molecule has 0 aromatic heterocycles. The Morgan fingerprint density at radius 3 is 2.53 bits per heavy atom. The molecular weight excluding hydrogens is 214 g/mol. The van der Waals surface area contributed by atoms with Gasteiger partial charge in [-0.3, -0.25) is 4.79 Å². The Bertz CT molecular complexity index is 263. The Morgan fingerprint density at radius 1 is 1.47 bits per heavy atom. The molecule has 100 valence electrons. The average molecular weight is 241 g/mol. The minimum atomic E-state index is -0.239. The Kier molecular flexibility index (Phi) is 4.95. The number of carbonyl (C=O) groups excluding carboxylic acids is 1. The lowest BCUT2D eigenvalue weighted by atomic mass is 9.93. The zero-order valence-electron chi connectivity index (χ0n) is 11.6. The van der Waals surface area contributed by atoms with Gasteiger partial charge >= 0.3 is 0 Å². The smallest absolute Gasteiger partial charge is 0.234 e. The first kappa shape index (κ1) is 14.5. The molecule has 0 aliphatic carbocycles. The fourth-order valence-electron chi connectivity index (χ4n) is 2.44. The minimum absolute atomic E-state index is 0.196. The molecule has 1 fully saturated rings. The summed E-state index contributed by atoms with van der Waals surface area (Å²) in [6.45, 7) is 11.9. The number of carbonyl (C=O) groups is 1. The number of amides is 1. The summed E-state index contributed by atoms with van der Waals surface area (Å²) < 4.78 is 0. The number of likely N-dealkylation sites (tertiary alicyclic amines) is 1. The van der Waals surface area contributed by atoms with Crippen LogP contribution in [0.1, 0.15) is 40.5 Å². The number of primary amides is 1. The maximum absolute atomic E-state index is 11.3. The summed E-state index contributed by atoms with van der Waals surface area (Å²) in [6.07, 6.45) is 2.05. The Morgan fingerprint density at radius 2 is 2.12 bits per heavy atom. The van der Waals surface area contributed by atoms with E-state index in [2.05, 4.69) is 24.1 Å².